The van der Waals surface area contributed by atoms with Gasteiger partial charge in [0.2, 0.25) is 0 Å². The third kappa shape index (κ3) is 4.66. The molecule has 0 unspecified atom stereocenters. The molecule has 1 heterocycles. The Balaban J connectivity index is 1.82. The van der Waals surface area contributed by atoms with E-state index in [0.29, 0.717) is 22.7 Å². The maximum absolute atomic E-state index is 12.8. The third-order valence-corrected chi connectivity index (χ3v) is 4.67. The minimum absolute atomic E-state index is 0.202. The van der Waals surface area contributed by atoms with Crippen LogP contribution in [0.15, 0.2) is 54.9 Å². The highest BCUT2D eigenvalue weighted by Crippen LogP contribution is 2.31. The molecule has 3 rings (SSSR count). The van der Waals surface area contributed by atoms with Crippen LogP contribution < -0.4 is 20.1 Å². The normalized spacial score (nSPS) is 10.3. The fraction of sp³-hybridized carbons (Fsp3) is 0.217. The van der Waals surface area contributed by atoms with Crippen LogP contribution >= 0.6 is 0 Å². The molecule has 29 heavy (non-hydrogen) atoms. The number of carbonyl (C=O) groups excluding carboxylic acids is 1. The first kappa shape index (κ1) is 20.2. The Morgan fingerprint density at radius 3 is 2.62 bits per heavy atom. The Morgan fingerprint density at radius 1 is 1.07 bits per heavy atom. The topological polar surface area (TPSA) is 72.5 Å². The van der Waals surface area contributed by atoms with Crippen LogP contribution in [0, 0.1) is 6.92 Å². The predicted octanol–water partition coefficient (Wildman–Crippen LogP) is 4.97. The number of carbonyl (C=O) groups is 1. The van der Waals surface area contributed by atoms with Gasteiger partial charge in [-0.2, -0.15) is 0 Å². The van der Waals surface area contributed by atoms with Crippen molar-refractivity contribution in [2.75, 3.05) is 24.9 Å². The molecule has 0 aliphatic rings. The number of para-hydroxylation sites is 1. The molecule has 0 radical (unpaired) electrons. The van der Waals surface area contributed by atoms with Crippen LogP contribution in [0.2, 0.25) is 0 Å². The molecule has 2 N–H and O–H groups in total. The van der Waals surface area contributed by atoms with Crippen molar-refractivity contribution in [3.63, 3.8) is 0 Å². The number of rotatable bonds is 7. The van der Waals surface area contributed by atoms with Gasteiger partial charge in [0, 0.05) is 18.0 Å². The fourth-order valence-electron chi connectivity index (χ4n) is 3.08. The van der Waals surface area contributed by atoms with Gasteiger partial charge < -0.3 is 20.1 Å². The summed E-state index contributed by atoms with van der Waals surface area (Å²) in [6.45, 7) is 4.06. The summed E-state index contributed by atoms with van der Waals surface area (Å²) >= 11 is 0. The van der Waals surface area contributed by atoms with Gasteiger partial charge in [0.1, 0.15) is 11.5 Å². The Bertz CT molecular complexity index is 1020. The molecule has 0 saturated heterocycles. The van der Waals surface area contributed by atoms with Gasteiger partial charge in [0.05, 0.1) is 37.4 Å². The second kappa shape index (κ2) is 9.10. The van der Waals surface area contributed by atoms with E-state index in [1.54, 1.807) is 38.7 Å². The average molecular weight is 391 g/mol. The largest absolute Gasteiger partial charge is 0.497 e. The first-order valence-electron chi connectivity index (χ1n) is 9.39. The lowest BCUT2D eigenvalue weighted by Crippen LogP contribution is -2.15. The Labute approximate surface area is 170 Å². The van der Waals surface area contributed by atoms with E-state index in [2.05, 4.69) is 22.5 Å². The number of hydrogen-bond acceptors (Lipinski definition) is 5. The summed E-state index contributed by atoms with van der Waals surface area (Å²) in [7, 11) is 3.20. The number of pyridine rings is 1. The molecule has 0 bridgehead atoms. The molecule has 0 saturated carbocycles. The number of nitrogens with one attached hydrogen (secondary N) is 2. The van der Waals surface area contributed by atoms with Crippen molar-refractivity contribution in [3.05, 3.63) is 71.5 Å². The second-order valence-electron chi connectivity index (χ2n) is 6.57. The summed E-state index contributed by atoms with van der Waals surface area (Å²) in [5, 5.41) is 6.27. The molecule has 0 aliphatic heterocycles. The molecule has 0 aliphatic carbocycles. The van der Waals surface area contributed by atoms with E-state index in [9.17, 15) is 4.79 Å². The number of aryl methyl sites for hydroxylation is 2. The van der Waals surface area contributed by atoms with Gasteiger partial charge in [0.25, 0.3) is 5.91 Å². The van der Waals surface area contributed by atoms with Crippen LogP contribution in [0.1, 0.15) is 28.4 Å². The molecule has 3 aromatic rings. The number of methoxy groups -OCH3 is 2. The number of benzene rings is 2. The van der Waals surface area contributed by atoms with Crippen molar-refractivity contribution in [2.24, 2.45) is 0 Å². The van der Waals surface area contributed by atoms with Crippen molar-refractivity contribution in [1.29, 1.82) is 0 Å². The van der Waals surface area contributed by atoms with Gasteiger partial charge in [-0.1, -0.05) is 25.1 Å². The maximum Gasteiger partial charge on any atom is 0.257 e. The first-order chi connectivity index (χ1) is 14.0. The highest BCUT2D eigenvalue weighted by molar-refractivity contribution is 6.05. The molecule has 6 heteroatoms. The molecule has 1 aromatic heterocycles. The second-order valence-corrected chi connectivity index (χ2v) is 6.57. The van der Waals surface area contributed by atoms with Gasteiger partial charge >= 0.3 is 0 Å². The average Bonchev–Trinajstić information content (AvgIpc) is 2.75. The lowest BCUT2D eigenvalue weighted by atomic mass is 10.1. The Kier molecular flexibility index (Phi) is 6.34. The van der Waals surface area contributed by atoms with E-state index in [-0.39, 0.29) is 5.91 Å². The fourth-order valence-corrected chi connectivity index (χ4v) is 3.08. The minimum Gasteiger partial charge on any atom is -0.497 e. The zero-order valence-electron chi connectivity index (χ0n) is 17.1. The van der Waals surface area contributed by atoms with Crippen LogP contribution in [-0.2, 0) is 6.42 Å². The zero-order valence-corrected chi connectivity index (χ0v) is 17.1. The van der Waals surface area contributed by atoms with Crippen molar-refractivity contribution >= 4 is 23.0 Å². The quantitative estimate of drug-likeness (QED) is 0.595. The van der Waals surface area contributed by atoms with Gasteiger partial charge in [0.15, 0.2) is 0 Å². The van der Waals surface area contributed by atoms with Gasteiger partial charge in [-0.3, -0.25) is 9.78 Å². The molecule has 0 atom stereocenters. The highest BCUT2D eigenvalue weighted by atomic mass is 16.5. The lowest BCUT2D eigenvalue weighted by Gasteiger charge is -2.14. The van der Waals surface area contributed by atoms with Gasteiger partial charge in [-0.15, -0.1) is 0 Å². The number of ether oxygens (including phenoxy) is 2. The highest BCUT2D eigenvalue weighted by Gasteiger charge is 2.12. The third-order valence-electron chi connectivity index (χ3n) is 4.67. The molecule has 0 fully saturated rings. The standard InChI is InChI=1S/C23H25N3O3/c1-5-16-8-6-7-15(2)22(16)26-23(27)17-11-18(14-24-13-17)25-20-10-9-19(28-3)12-21(20)29-4/h6-14,25H,5H2,1-4H3,(H,26,27). The Hall–Kier alpha value is -3.54. The van der Waals surface area contributed by atoms with Crippen molar-refractivity contribution in [2.45, 2.75) is 20.3 Å². The minimum atomic E-state index is -0.202. The molecule has 1 amide bonds. The SMILES string of the molecule is CCc1cccc(C)c1NC(=O)c1cncc(Nc2ccc(OC)cc2OC)c1. The predicted molar refractivity (Wildman–Crippen MR) is 116 cm³/mol. The molecule has 150 valence electrons. The van der Waals surface area contributed by atoms with E-state index in [0.717, 1.165) is 28.9 Å². The molecule has 2 aromatic carbocycles. The van der Waals surface area contributed by atoms with E-state index >= 15 is 0 Å². The lowest BCUT2D eigenvalue weighted by molar-refractivity contribution is 0.102. The van der Waals surface area contributed by atoms with Crippen molar-refractivity contribution in [3.8, 4) is 11.5 Å². The van der Waals surface area contributed by atoms with E-state index < -0.39 is 0 Å². The number of amides is 1. The summed E-state index contributed by atoms with van der Waals surface area (Å²) in [6.07, 6.45) is 4.05. The Morgan fingerprint density at radius 2 is 1.90 bits per heavy atom. The van der Waals surface area contributed by atoms with E-state index in [1.807, 2.05) is 37.3 Å². The molecule has 0 spiro atoms. The van der Waals surface area contributed by atoms with Crippen LogP contribution in [0.4, 0.5) is 17.1 Å². The van der Waals surface area contributed by atoms with Crippen LogP contribution in [0.25, 0.3) is 0 Å². The number of aromatic nitrogens is 1. The smallest absolute Gasteiger partial charge is 0.257 e. The van der Waals surface area contributed by atoms with Crippen molar-refractivity contribution < 1.29 is 14.3 Å². The first-order valence-corrected chi connectivity index (χ1v) is 9.39. The molecular formula is C23H25N3O3. The van der Waals surface area contributed by atoms with Crippen LogP contribution in [-0.4, -0.2) is 25.1 Å². The maximum atomic E-state index is 12.8. The van der Waals surface area contributed by atoms with Crippen LogP contribution in [0.3, 0.4) is 0 Å². The van der Waals surface area contributed by atoms with Crippen LogP contribution in [0.5, 0.6) is 11.5 Å². The summed E-state index contributed by atoms with van der Waals surface area (Å²) in [5.74, 6) is 1.13. The van der Waals surface area contributed by atoms with Gasteiger partial charge in [-0.25, -0.2) is 0 Å². The summed E-state index contributed by atoms with van der Waals surface area (Å²) in [5.41, 5.74) is 4.89. The zero-order chi connectivity index (χ0) is 20.8. The van der Waals surface area contributed by atoms with Crippen molar-refractivity contribution in [1.82, 2.24) is 4.98 Å². The van der Waals surface area contributed by atoms with E-state index in [1.165, 1.54) is 0 Å². The monoisotopic (exact) mass is 391 g/mol. The number of hydrogen-bond donors (Lipinski definition) is 2. The number of anilines is 3. The summed E-state index contributed by atoms with van der Waals surface area (Å²) in [6, 6.07) is 13.2. The van der Waals surface area contributed by atoms with E-state index in [4.69, 9.17) is 9.47 Å². The summed E-state index contributed by atoms with van der Waals surface area (Å²) < 4.78 is 10.6. The summed E-state index contributed by atoms with van der Waals surface area (Å²) in [4.78, 5) is 17.0. The number of nitrogens with zero attached hydrogens (tertiary/aromatic N) is 1. The van der Waals surface area contributed by atoms with Gasteiger partial charge in [-0.05, 0) is 42.7 Å². The molecule has 6 nitrogen and oxygen atoms in total. The molecular weight excluding hydrogens is 366 g/mol.